The molecule has 4 aromatic rings. The van der Waals surface area contributed by atoms with E-state index in [-0.39, 0.29) is 0 Å². The average molecular weight is 637 g/mol. The molecular weight excluding hydrogens is 598 g/mol. The zero-order valence-corrected chi connectivity index (χ0v) is 26.1. The van der Waals surface area contributed by atoms with Gasteiger partial charge in [-0.2, -0.15) is 6.42 Å². The summed E-state index contributed by atoms with van der Waals surface area (Å²) in [4.78, 5) is 10.1. The van der Waals surface area contributed by atoms with Gasteiger partial charge in [0, 0.05) is 30.5 Å². The average Bonchev–Trinajstić information content (AvgIpc) is 3.40. The van der Waals surface area contributed by atoms with Gasteiger partial charge < -0.3 is 4.90 Å². The summed E-state index contributed by atoms with van der Waals surface area (Å²) in [6.07, 6.45) is 9.68. The molecule has 0 N–H and O–H groups in total. The van der Waals surface area contributed by atoms with Crippen LogP contribution in [-0.2, 0) is 13.5 Å². The molecule has 5 rings (SSSR count). The fourth-order valence-electron chi connectivity index (χ4n) is 3.89. The van der Waals surface area contributed by atoms with Crippen molar-refractivity contribution >= 4 is 29.7 Å². The third-order valence-electron chi connectivity index (χ3n) is 5.56. The second-order valence-electron chi connectivity index (χ2n) is 9.03. The molecule has 3 heterocycles. The Hall–Kier alpha value is -2.39. The van der Waals surface area contributed by atoms with Gasteiger partial charge in [-0.1, -0.05) is 24.1 Å². The Morgan fingerprint density at radius 2 is 1.24 bits per heavy atom. The SMILES string of the molecule is Cc1cc(C)c(N2[CH-]CCC2)c(C)c1.Cc1ccncc1.Cc1ccncc1.[Cl][Ru]([Cl])=[CH]c1ccccc1. The van der Waals surface area contributed by atoms with Crippen molar-refractivity contribution in [1.82, 2.24) is 9.97 Å². The Morgan fingerprint density at radius 3 is 1.61 bits per heavy atom. The zero-order chi connectivity index (χ0) is 27.8. The van der Waals surface area contributed by atoms with E-state index in [1.165, 1.54) is 52.9 Å². The van der Waals surface area contributed by atoms with Crippen LogP contribution < -0.4 is 4.90 Å². The summed E-state index contributed by atoms with van der Waals surface area (Å²) in [5.74, 6) is 0. The van der Waals surface area contributed by atoms with E-state index < -0.39 is 13.5 Å². The first kappa shape index (κ1) is 31.8. The molecule has 0 bridgehead atoms. The Morgan fingerprint density at radius 1 is 0.737 bits per heavy atom. The third-order valence-corrected chi connectivity index (χ3v) is 7.44. The molecule has 0 atom stereocenters. The van der Waals surface area contributed by atoms with Crippen molar-refractivity contribution in [3.05, 3.63) is 131 Å². The first-order valence-corrected chi connectivity index (χ1v) is 18.0. The summed E-state index contributed by atoms with van der Waals surface area (Å²) in [5, 5.41) is 0. The van der Waals surface area contributed by atoms with Crippen molar-refractivity contribution in [2.24, 2.45) is 0 Å². The first-order valence-electron chi connectivity index (χ1n) is 12.6. The topological polar surface area (TPSA) is 29.0 Å². The van der Waals surface area contributed by atoms with E-state index in [1.807, 2.05) is 73.1 Å². The number of nitrogens with zero attached hydrogens (tertiary/aromatic N) is 3. The van der Waals surface area contributed by atoms with E-state index in [4.69, 9.17) is 19.4 Å². The number of hydrogen-bond donors (Lipinski definition) is 0. The molecule has 3 nitrogen and oxygen atoms in total. The summed E-state index contributed by atoms with van der Waals surface area (Å²) in [6, 6.07) is 22.3. The monoisotopic (exact) mass is 636 g/mol. The number of pyridine rings is 2. The molecule has 0 saturated carbocycles. The molecule has 0 radical (unpaired) electrons. The van der Waals surface area contributed by atoms with Crippen molar-refractivity contribution in [1.29, 1.82) is 0 Å². The second-order valence-corrected chi connectivity index (χ2v) is 14.8. The van der Waals surface area contributed by atoms with Crippen LogP contribution in [0, 0.1) is 41.2 Å². The first-order chi connectivity index (χ1) is 18.3. The quantitative estimate of drug-likeness (QED) is 0.163. The van der Waals surface area contributed by atoms with Gasteiger partial charge in [-0.15, -0.1) is 0 Å². The van der Waals surface area contributed by atoms with Crippen LogP contribution in [0.15, 0.2) is 91.5 Å². The molecule has 6 heteroatoms. The van der Waals surface area contributed by atoms with Crippen molar-refractivity contribution in [3.63, 3.8) is 0 Å². The number of benzene rings is 2. The van der Waals surface area contributed by atoms with Gasteiger partial charge in [0.1, 0.15) is 0 Å². The molecule has 2 aromatic carbocycles. The number of aromatic nitrogens is 2. The van der Waals surface area contributed by atoms with Crippen LogP contribution >= 0.6 is 19.4 Å². The summed E-state index contributed by atoms with van der Waals surface area (Å²) in [7, 11) is 11.3. The maximum atomic E-state index is 5.67. The zero-order valence-electron chi connectivity index (χ0n) is 22.9. The molecule has 1 aliphatic heterocycles. The van der Waals surface area contributed by atoms with Gasteiger partial charge >= 0.3 is 73.4 Å². The molecule has 1 aliphatic rings. The van der Waals surface area contributed by atoms with Crippen molar-refractivity contribution in [3.8, 4) is 0 Å². The Labute approximate surface area is 242 Å². The Balaban J connectivity index is 0.000000186. The van der Waals surface area contributed by atoms with E-state index in [0.717, 1.165) is 5.56 Å². The van der Waals surface area contributed by atoms with Gasteiger partial charge in [-0.3, -0.25) is 9.97 Å². The number of anilines is 1. The number of hydrogen-bond acceptors (Lipinski definition) is 3. The minimum absolute atomic E-state index is 1.12. The maximum absolute atomic E-state index is 5.67. The predicted octanol–water partition coefficient (Wildman–Crippen LogP) is 8.92. The van der Waals surface area contributed by atoms with Crippen molar-refractivity contribution in [2.45, 2.75) is 47.5 Å². The van der Waals surface area contributed by atoms with Gasteiger partial charge in [0.05, 0.1) is 0 Å². The van der Waals surface area contributed by atoms with Gasteiger partial charge in [0.2, 0.25) is 0 Å². The molecule has 0 unspecified atom stereocenters. The van der Waals surface area contributed by atoms with Gasteiger partial charge in [0.15, 0.2) is 0 Å². The third kappa shape index (κ3) is 12.9. The van der Waals surface area contributed by atoms with E-state index in [0.29, 0.717) is 0 Å². The number of halogens is 2. The van der Waals surface area contributed by atoms with Crippen LogP contribution in [0.5, 0.6) is 0 Å². The Bertz CT molecular complexity index is 1160. The standard InChI is InChI=1S/C13H18N.C7H6.2C6H7N.2ClH.Ru/c1-10-8-11(2)13(12(3)9-10)14-6-4-5-7-14;1-7-5-3-2-4-6-7;2*1-6-2-4-7-5-3-6;;;/h6,8-9H,4-5,7H2,1-3H3;1-6H;2*2-5H,1H3;2*1H;/q-1;;;;;;+2/p-2. The molecule has 0 aliphatic carbocycles. The predicted molar refractivity (Wildman–Crippen MR) is 163 cm³/mol. The molecule has 38 heavy (non-hydrogen) atoms. The Kier molecular flexibility index (Phi) is 15.1. The molecule has 2 aromatic heterocycles. The summed E-state index contributed by atoms with van der Waals surface area (Å²) in [5.41, 5.74) is 9.23. The van der Waals surface area contributed by atoms with Crippen LogP contribution in [0.2, 0.25) is 0 Å². The van der Waals surface area contributed by atoms with Crippen LogP contribution in [-0.4, -0.2) is 21.1 Å². The van der Waals surface area contributed by atoms with Crippen molar-refractivity contribution < 1.29 is 13.5 Å². The summed E-state index contributed by atoms with van der Waals surface area (Å²) < 4.78 is 1.92. The van der Waals surface area contributed by atoms with Crippen molar-refractivity contribution in [2.75, 3.05) is 11.4 Å². The second kappa shape index (κ2) is 18.0. The van der Waals surface area contributed by atoms with Crippen LogP contribution in [0.4, 0.5) is 5.69 Å². The molecule has 0 amide bonds. The van der Waals surface area contributed by atoms with E-state index in [1.54, 1.807) is 24.8 Å². The molecule has 1 saturated heterocycles. The summed E-state index contributed by atoms with van der Waals surface area (Å²) >= 11 is -1.61. The summed E-state index contributed by atoms with van der Waals surface area (Å²) in [6.45, 7) is 14.2. The van der Waals surface area contributed by atoms with E-state index >= 15 is 0 Å². The number of rotatable bonds is 2. The minimum atomic E-state index is -1.61. The molecule has 0 spiro atoms. The van der Waals surface area contributed by atoms with Crippen LogP contribution in [0.1, 0.15) is 46.2 Å². The van der Waals surface area contributed by atoms with E-state index in [2.05, 4.69) is 54.3 Å². The fourth-order valence-corrected chi connectivity index (χ4v) is 5.72. The fraction of sp³-hybridized carbons (Fsp3) is 0.250. The van der Waals surface area contributed by atoms with Gasteiger partial charge in [0.25, 0.3) is 0 Å². The molecule has 1 fully saturated rings. The normalized spacial score (nSPS) is 12.1. The van der Waals surface area contributed by atoms with E-state index in [9.17, 15) is 0 Å². The molecular formula is C32H38Cl2N3Ru-. The van der Waals surface area contributed by atoms with Crippen LogP contribution in [0.3, 0.4) is 0 Å². The van der Waals surface area contributed by atoms with Gasteiger partial charge in [-0.05, 0) is 87.7 Å². The molecule has 204 valence electrons. The van der Waals surface area contributed by atoms with Crippen LogP contribution in [0.25, 0.3) is 0 Å². The number of aryl methyl sites for hydroxylation is 5. The van der Waals surface area contributed by atoms with Gasteiger partial charge in [-0.25, -0.2) is 6.54 Å².